The molecule has 0 saturated heterocycles. The van der Waals surface area contributed by atoms with Crippen LogP contribution in [0.5, 0.6) is 5.75 Å². The fourth-order valence-corrected chi connectivity index (χ4v) is 5.47. The molecule has 1 aliphatic heterocycles. The molecule has 3 aliphatic rings. The van der Waals surface area contributed by atoms with Crippen molar-refractivity contribution in [3.05, 3.63) is 81.0 Å². The van der Waals surface area contributed by atoms with Crippen LogP contribution in [0.2, 0.25) is 10.0 Å². The molecule has 9 nitrogen and oxygen atoms in total. The van der Waals surface area contributed by atoms with E-state index in [-0.39, 0.29) is 63.3 Å². The third kappa shape index (κ3) is 4.90. The van der Waals surface area contributed by atoms with E-state index in [9.17, 15) is 19.1 Å². The van der Waals surface area contributed by atoms with Gasteiger partial charge in [0.25, 0.3) is 5.91 Å². The van der Waals surface area contributed by atoms with E-state index in [4.69, 9.17) is 48.8 Å². The number of aliphatic hydroxyl groups is 1. The van der Waals surface area contributed by atoms with Crippen LogP contribution in [0.25, 0.3) is 11.3 Å². The Morgan fingerprint density at radius 1 is 1.32 bits per heavy atom. The lowest BCUT2D eigenvalue weighted by atomic mass is 9.81. The number of methoxy groups -OCH3 is 1. The van der Waals surface area contributed by atoms with E-state index in [0.29, 0.717) is 29.5 Å². The lowest BCUT2D eigenvalue weighted by Gasteiger charge is -2.30. The van der Waals surface area contributed by atoms with Gasteiger partial charge in [-0.3, -0.25) is 15.0 Å². The van der Waals surface area contributed by atoms with Crippen LogP contribution in [0.1, 0.15) is 31.0 Å². The molecule has 2 aliphatic carbocycles. The summed E-state index contributed by atoms with van der Waals surface area (Å²) in [5.74, 6) is -1.79. The van der Waals surface area contributed by atoms with Gasteiger partial charge in [-0.2, -0.15) is 0 Å². The summed E-state index contributed by atoms with van der Waals surface area (Å²) in [7, 11) is 1.39. The zero-order chi connectivity index (χ0) is 29.9. The van der Waals surface area contributed by atoms with Gasteiger partial charge in [-0.1, -0.05) is 29.8 Å². The Balaban J connectivity index is 1.58. The number of benzene rings is 1. The summed E-state index contributed by atoms with van der Waals surface area (Å²) >= 11 is 12.2. The van der Waals surface area contributed by atoms with Crippen molar-refractivity contribution in [3.8, 4) is 17.0 Å². The molecule has 2 amide bonds. The van der Waals surface area contributed by atoms with Gasteiger partial charge in [0.2, 0.25) is 5.91 Å². The van der Waals surface area contributed by atoms with E-state index in [1.165, 1.54) is 31.4 Å². The minimum atomic E-state index is -1.65. The van der Waals surface area contributed by atoms with Crippen molar-refractivity contribution in [1.29, 1.82) is 5.41 Å². The molecule has 12 heteroatoms. The van der Waals surface area contributed by atoms with Crippen LogP contribution in [0.15, 0.2) is 53.8 Å². The van der Waals surface area contributed by atoms with Gasteiger partial charge in [-0.25, -0.2) is 9.37 Å². The summed E-state index contributed by atoms with van der Waals surface area (Å²) in [4.78, 5) is 30.4. The number of aromatic nitrogens is 1. The van der Waals surface area contributed by atoms with E-state index >= 15 is 0 Å². The number of amides is 2. The van der Waals surface area contributed by atoms with Crippen molar-refractivity contribution in [3.63, 3.8) is 0 Å². The third-order valence-electron chi connectivity index (χ3n) is 7.75. The monoisotopic (exact) mass is 600 g/mol. The first kappa shape index (κ1) is 28.8. The fraction of sp³-hybridized carbons (Fsp3) is 0.310. The van der Waals surface area contributed by atoms with E-state index in [1.54, 1.807) is 13.0 Å². The Bertz CT molecular complexity index is 1580. The number of carbonyl (C=O) groups is 2. The van der Waals surface area contributed by atoms with Gasteiger partial charge in [0.15, 0.2) is 5.82 Å². The molecule has 1 saturated carbocycles. The Hall–Kier alpha value is -3.73. The van der Waals surface area contributed by atoms with Gasteiger partial charge in [0, 0.05) is 16.7 Å². The highest BCUT2D eigenvalue weighted by Crippen LogP contribution is 2.50. The van der Waals surface area contributed by atoms with Crippen LogP contribution < -0.4 is 15.8 Å². The first-order valence-corrected chi connectivity index (χ1v) is 13.5. The molecule has 2 aromatic rings. The number of nitrogens with two attached hydrogens (primary N) is 1. The van der Waals surface area contributed by atoms with Crippen LogP contribution >= 0.6 is 23.2 Å². The van der Waals surface area contributed by atoms with E-state index in [1.807, 2.05) is 0 Å². The molecule has 2 heterocycles. The SMILES string of the molecule is C=C1C=C(C(=O)NC[C@](O)(c2cc3c(c(-c4cc(Cl)c(F)c(Cl)c4)n2)OC[C@]3(C)C(N)=O)C2CC2)C=C(OC)C1=N. The fourth-order valence-electron chi connectivity index (χ4n) is 4.98. The van der Waals surface area contributed by atoms with Crippen molar-refractivity contribution in [2.45, 2.75) is 30.8 Å². The number of nitrogens with zero attached hydrogens (tertiary/aromatic N) is 1. The molecule has 1 fully saturated rings. The van der Waals surface area contributed by atoms with Gasteiger partial charge in [0.05, 0.1) is 29.4 Å². The molecule has 2 atom stereocenters. The Morgan fingerprint density at radius 2 is 1.98 bits per heavy atom. The molecular weight excluding hydrogens is 574 g/mol. The second-order valence-corrected chi connectivity index (χ2v) is 11.4. The van der Waals surface area contributed by atoms with Gasteiger partial charge < -0.3 is 25.6 Å². The van der Waals surface area contributed by atoms with E-state index in [2.05, 4.69) is 11.9 Å². The van der Waals surface area contributed by atoms with Crippen LogP contribution in [0.3, 0.4) is 0 Å². The molecular formula is C29H27Cl2FN4O5. The summed E-state index contributed by atoms with van der Waals surface area (Å²) in [6.45, 7) is 5.11. The number of ether oxygens (including phenoxy) is 2. The van der Waals surface area contributed by atoms with Gasteiger partial charge in [0.1, 0.15) is 40.5 Å². The maximum absolute atomic E-state index is 14.2. The smallest absolute Gasteiger partial charge is 0.251 e. The minimum Gasteiger partial charge on any atom is -0.494 e. The van der Waals surface area contributed by atoms with Crippen LogP contribution in [-0.4, -0.2) is 47.9 Å². The van der Waals surface area contributed by atoms with Crippen molar-refractivity contribution < 1.29 is 28.6 Å². The molecule has 0 spiro atoms. The van der Waals surface area contributed by atoms with Gasteiger partial charge >= 0.3 is 0 Å². The first-order chi connectivity index (χ1) is 19.3. The van der Waals surface area contributed by atoms with E-state index in [0.717, 1.165) is 0 Å². The van der Waals surface area contributed by atoms with Crippen molar-refractivity contribution in [2.75, 3.05) is 20.3 Å². The van der Waals surface area contributed by atoms with Crippen molar-refractivity contribution in [2.24, 2.45) is 11.7 Å². The number of allylic oxidation sites excluding steroid dienone is 2. The molecule has 1 aromatic carbocycles. The predicted molar refractivity (Wildman–Crippen MR) is 151 cm³/mol. The van der Waals surface area contributed by atoms with Gasteiger partial charge in [-0.05, 0) is 61.6 Å². The second-order valence-electron chi connectivity index (χ2n) is 10.6. The highest BCUT2D eigenvalue weighted by molar-refractivity contribution is 6.35. The lowest BCUT2D eigenvalue weighted by molar-refractivity contribution is -0.123. The molecule has 5 rings (SSSR count). The topological polar surface area (TPSA) is 148 Å². The summed E-state index contributed by atoms with van der Waals surface area (Å²) < 4.78 is 25.3. The van der Waals surface area contributed by atoms with E-state index < -0.39 is 28.6 Å². The maximum Gasteiger partial charge on any atom is 0.251 e. The van der Waals surface area contributed by atoms with Gasteiger partial charge in [-0.15, -0.1) is 0 Å². The summed E-state index contributed by atoms with van der Waals surface area (Å²) in [6.07, 6.45) is 4.22. The molecule has 0 radical (unpaired) electrons. The Kier molecular flexibility index (Phi) is 7.21. The predicted octanol–water partition coefficient (Wildman–Crippen LogP) is 4.09. The number of carbonyl (C=O) groups excluding carboxylic acids is 2. The number of rotatable bonds is 8. The minimum absolute atomic E-state index is 0.0640. The average Bonchev–Trinajstić information content (AvgIpc) is 3.74. The number of halogens is 3. The van der Waals surface area contributed by atoms with Crippen molar-refractivity contribution >= 4 is 40.7 Å². The highest BCUT2D eigenvalue weighted by Gasteiger charge is 2.50. The quantitative estimate of drug-likeness (QED) is 0.335. The summed E-state index contributed by atoms with van der Waals surface area (Å²) in [5, 5.41) is 22.4. The number of hydrogen-bond donors (Lipinski definition) is 4. The largest absolute Gasteiger partial charge is 0.494 e. The Labute approximate surface area is 245 Å². The maximum atomic E-state index is 14.2. The second kappa shape index (κ2) is 10.3. The number of nitrogens with one attached hydrogen (secondary N) is 2. The Morgan fingerprint density at radius 3 is 2.56 bits per heavy atom. The van der Waals surface area contributed by atoms with Crippen LogP contribution in [0.4, 0.5) is 4.39 Å². The zero-order valence-corrected chi connectivity index (χ0v) is 23.8. The standard InChI is InChI=1S/C29H27Cl2FN4O5/c1-13-6-15(9-20(40-3)23(13)33)26(37)35-11-29(39,16-4-5-16)21-10-17-25(41-12-28(17,2)27(34)38)24(36-21)14-7-18(30)22(32)19(31)8-14/h6-10,16,33,39H,1,4-5,11-12H2,2-3H3,(H2,34,38)(H,35,37)/t28-,29+/m0/s1. The molecule has 5 N–H and O–H groups in total. The highest BCUT2D eigenvalue weighted by atomic mass is 35.5. The summed E-state index contributed by atoms with van der Waals surface area (Å²) in [6, 6.07) is 4.23. The normalized spacial score (nSPS) is 21.3. The number of hydrogen-bond acceptors (Lipinski definition) is 7. The average molecular weight is 601 g/mol. The molecule has 214 valence electrons. The summed E-state index contributed by atoms with van der Waals surface area (Å²) in [5.41, 5.74) is 4.49. The number of primary amides is 1. The van der Waals surface area contributed by atoms with Crippen LogP contribution in [-0.2, 0) is 25.3 Å². The van der Waals surface area contributed by atoms with Crippen LogP contribution in [0, 0.1) is 17.1 Å². The number of pyridine rings is 1. The zero-order valence-electron chi connectivity index (χ0n) is 22.2. The third-order valence-corrected chi connectivity index (χ3v) is 8.30. The molecule has 41 heavy (non-hydrogen) atoms. The number of fused-ring (bicyclic) bond motifs is 1. The molecule has 1 aromatic heterocycles. The lowest BCUT2D eigenvalue weighted by Crippen LogP contribution is -2.44. The molecule has 0 unspecified atom stereocenters. The molecule has 0 bridgehead atoms. The van der Waals surface area contributed by atoms with Crippen molar-refractivity contribution in [1.82, 2.24) is 10.3 Å². The first-order valence-electron chi connectivity index (χ1n) is 12.7.